The third kappa shape index (κ3) is 4.91. The van der Waals surface area contributed by atoms with E-state index in [9.17, 15) is 0 Å². The SMILES string of the molecule is Cc1ccc(Oc2nc(NC(C)C)nc(Oc3ccccc3)n2)cc1. The first-order valence-corrected chi connectivity index (χ1v) is 8.08. The molecule has 0 amide bonds. The van der Waals surface area contributed by atoms with Crippen molar-refractivity contribution in [3.63, 3.8) is 0 Å². The van der Waals surface area contributed by atoms with Gasteiger partial charge in [-0.15, -0.1) is 4.98 Å². The summed E-state index contributed by atoms with van der Waals surface area (Å²) < 4.78 is 11.5. The average molecular weight is 336 g/mol. The van der Waals surface area contributed by atoms with Crippen LogP contribution in [-0.4, -0.2) is 21.0 Å². The van der Waals surface area contributed by atoms with Crippen LogP contribution < -0.4 is 14.8 Å². The maximum Gasteiger partial charge on any atom is 0.330 e. The summed E-state index contributed by atoms with van der Waals surface area (Å²) in [6, 6.07) is 17.5. The summed E-state index contributed by atoms with van der Waals surface area (Å²) in [6.07, 6.45) is 0. The van der Waals surface area contributed by atoms with Gasteiger partial charge in [-0.25, -0.2) is 0 Å². The highest BCUT2D eigenvalue weighted by Gasteiger charge is 2.11. The fraction of sp³-hybridized carbons (Fsp3) is 0.211. The van der Waals surface area contributed by atoms with Crippen LogP contribution in [0.4, 0.5) is 5.95 Å². The summed E-state index contributed by atoms with van der Waals surface area (Å²) in [5, 5.41) is 3.14. The van der Waals surface area contributed by atoms with Crippen LogP contribution in [0, 0.1) is 6.92 Å². The first-order chi connectivity index (χ1) is 12.1. The molecule has 0 aliphatic heterocycles. The predicted molar refractivity (Wildman–Crippen MR) is 96.4 cm³/mol. The van der Waals surface area contributed by atoms with Crippen molar-refractivity contribution in [1.29, 1.82) is 0 Å². The van der Waals surface area contributed by atoms with Crippen molar-refractivity contribution in [2.24, 2.45) is 0 Å². The van der Waals surface area contributed by atoms with E-state index < -0.39 is 0 Å². The zero-order valence-corrected chi connectivity index (χ0v) is 14.4. The van der Waals surface area contributed by atoms with Crippen molar-refractivity contribution in [2.45, 2.75) is 26.8 Å². The molecular weight excluding hydrogens is 316 g/mol. The zero-order chi connectivity index (χ0) is 17.6. The van der Waals surface area contributed by atoms with Gasteiger partial charge in [-0.05, 0) is 45.0 Å². The summed E-state index contributed by atoms with van der Waals surface area (Å²) >= 11 is 0. The lowest BCUT2D eigenvalue weighted by atomic mass is 10.2. The van der Waals surface area contributed by atoms with Crippen LogP contribution in [0.15, 0.2) is 54.6 Å². The highest BCUT2D eigenvalue weighted by molar-refractivity contribution is 5.33. The number of ether oxygens (including phenoxy) is 2. The van der Waals surface area contributed by atoms with E-state index in [1.807, 2.05) is 75.4 Å². The molecule has 1 aromatic heterocycles. The maximum absolute atomic E-state index is 5.75. The predicted octanol–water partition coefficient (Wildman–Crippen LogP) is 4.58. The van der Waals surface area contributed by atoms with Crippen LogP contribution in [0.25, 0.3) is 0 Å². The van der Waals surface area contributed by atoms with E-state index in [4.69, 9.17) is 9.47 Å². The summed E-state index contributed by atoms with van der Waals surface area (Å²) in [4.78, 5) is 12.8. The van der Waals surface area contributed by atoms with E-state index in [1.54, 1.807) is 0 Å². The normalized spacial score (nSPS) is 10.6. The molecule has 0 spiro atoms. The molecule has 0 aliphatic carbocycles. The third-order valence-corrected chi connectivity index (χ3v) is 3.19. The number of aryl methyl sites for hydroxylation is 1. The molecule has 3 aromatic rings. The molecule has 0 unspecified atom stereocenters. The molecule has 1 heterocycles. The molecule has 6 nitrogen and oxygen atoms in total. The molecule has 2 aromatic carbocycles. The van der Waals surface area contributed by atoms with Crippen LogP contribution in [0.2, 0.25) is 0 Å². The van der Waals surface area contributed by atoms with Crippen molar-refractivity contribution in [2.75, 3.05) is 5.32 Å². The molecule has 0 saturated carbocycles. The standard InChI is InChI=1S/C19H20N4O2/c1-13(2)20-17-21-18(24-15-7-5-4-6-8-15)23-19(22-17)25-16-11-9-14(3)10-12-16/h4-13H,1-3H3,(H,20,21,22,23). The minimum absolute atomic E-state index is 0.166. The van der Waals surface area contributed by atoms with Crippen molar-refractivity contribution in [1.82, 2.24) is 15.0 Å². The quantitative estimate of drug-likeness (QED) is 0.710. The molecule has 0 bridgehead atoms. The Labute approximate surface area is 146 Å². The lowest BCUT2D eigenvalue weighted by Crippen LogP contribution is -2.13. The molecule has 0 saturated heterocycles. The number of aromatic nitrogens is 3. The monoisotopic (exact) mass is 336 g/mol. The highest BCUT2D eigenvalue weighted by atomic mass is 16.5. The Balaban J connectivity index is 1.87. The summed E-state index contributed by atoms with van der Waals surface area (Å²) in [7, 11) is 0. The van der Waals surface area contributed by atoms with E-state index in [2.05, 4.69) is 20.3 Å². The van der Waals surface area contributed by atoms with Gasteiger partial charge in [-0.1, -0.05) is 35.9 Å². The van der Waals surface area contributed by atoms with Gasteiger partial charge in [-0.2, -0.15) is 9.97 Å². The fourth-order valence-electron chi connectivity index (χ4n) is 2.06. The van der Waals surface area contributed by atoms with Gasteiger partial charge in [0.15, 0.2) is 0 Å². The van der Waals surface area contributed by atoms with Crippen LogP contribution in [-0.2, 0) is 0 Å². The van der Waals surface area contributed by atoms with E-state index >= 15 is 0 Å². The average Bonchev–Trinajstić information content (AvgIpc) is 2.57. The zero-order valence-electron chi connectivity index (χ0n) is 14.4. The lowest BCUT2D eigenvalue weighted by Gasteiger charge is -2.11. The van der Waals surface area contributed by atoms with Gasteiger partial charge in [0.1, 0.15) is 11.5 Å². The number of nitrogens with zero attached hydrogens (tertiary/aromatic N) is 3. The molecule has 3 rings (SSSR count). The largest absolute Gasteiger partial charge is 0.424 e. The summed E-state index contributed by atoms with van der Waals surface area (Å²) in [6.45, 7) is 6.02. The second-order valence-electron chi connectivity index (χ2n) is 5.85. The van der Waals surface area contributed by atoms with Crippen LogP contribution in [0.1, 0.15) is 19.4 Å². The molecule has 0 fully saturated rings. The molecular formula is C19H20N4O2. The summed E-state index contributed by atoms with van der Waals surface area (Å²) in [5.74, 6) is 1.70. The minimum Gasteiger partial charge on any atom is -0.424 e. The van der Waals surface area contributed by atoms with Gasteiger partial charge in [0.2, 0.25) is 5.95 Å². The number of hydrogen-bond acceptors (Lipinski definition) is 6. The third-order valence-electron chi connectivity index (χ3n) is 3.19. The molecule has 0 atom stereocenters. The van der Waals surface area contributed by atoms with Crippen molar-refractivity contribution >= 4 is 5.95 Å². The van der Waals surface area contributed by atoms with Gasteiger partial charge < -0.3 is 14.8 Å². The van der Waals surface area contributed by atoms with Gasteiger partial charge in [0, 0.05) is 6.04 Å². The van der Waals surface area contributed by atoms with E-state index in [1.165, 1.54) is 0 Å². The molecule has 0 radical (unpaired) electrons. The Bertz CT molecular complexity index is 821. The van der Waals surface area contributed by atoms with Crippen molar-refractivity contribution < 1.29 is 9.47 Å². The second kappa shape index (κ2) is 7.61. The maximum atomic E-state index is 5.75. The van der Waals surface area contributed by atoms with Crippen LogP contribution in [0.3, 0.4) is 0 Å². The Morgan fingerprint density at radius 1 is 0.760 bits per heavy atom. The number of hydrogen-bond donors (Lipinski definition) is 1. The molecule has 25 heavy (non-hydrogen) atoms. The molecule has 1 N–H and O–H groups in total. The molecule has 128 valence electrons. The molecule has 6 heteroatoms. The first-order valence-electron chi connectivity index (χ1n) is 8.08. The van der Waals surface area contributed by atoms with Crippen LogP contribution >= 0.6 is 0 Å². The number of benzene rings is 2. The number of anilines is 1. The van der Waals surface area contributed by atoms with E-state index in [0.29, 0.717) is 17.4 Å². The minimum atomic E-state index is 0.166. The fourth-order valence-corrected chi connectivity index (χ4v) is 2.06. The summed E-state index contributed by atoms with van der Waals surface area (Å²) in [5.41, 5.74) is 1.15. The Kier molecular flexibility index (Phi) is 5.09. The van der Waals surface area contributed by atoms with E-state index in [-0.39, 0.29) is 18.1 Å². The number of para-hydroxylation sites is 1. The van der Waals surface area contributed by atoms with Gasteiger partial charge in [0.25, 0.3) is 0 Å². The Morgan fingerprint density at radius 3 is 1.88 bits per heavy atom. The topological polar surface area (TPSA) is 69.2 Å². The van der Waals surface area contributed by atoms with Crippen LogP contribution in [0.5, 0.6) is 23.5 Å². The smallest absolute Gasteiger partial charge is 0.330 e. The molecule has 0 aliphatic rings. The first kappa shape index (κ1) is 16.7. The van der Waals surface area contributed by atoms with Crippen molar-refractivity contribution in [3.8, 4) is 23.5 Å². The Hall–Kier alpha value is -3.15. The second-order valence-corrected chi connectivity index (χ2v) is 5.85. The van der Waals surface area contributed by atoms with Gasteiger partial charge >= 0.3 is 12.0 Å². The van der Waals surface area contributed by atoms with Gasteiger partial charge in [-0.3, -0.25) is 0 Å². The lowest BCUT2D eigenvalue weighted by molar-refractivity contribution is 0.398. The van der Waals surface area contributed by atoms with Crippen molar-refractivity contribution in [3.05, 3.63) is 60.2 Å². The van der Waals surface area contributed by atoms with Gasteiger partial charge in [0.05, 0.1) is 0 Å². The van der Waals surface area contributed by atoms with E-state index in [0.717, 1.165) is 5.56 Å². The Morgan fingerprint density at radius 2 is 1.32 bits per heavy atom. The highest BCUT2D eigenvalue weighted by Crippen LogP contribution is 2.24. The number of rotatable bonds is 6. The number of nitrogens with one attached hydrogen (secondary N) is 1.